The third kappa shape index (κ3) is 2.74. The van der Waals surface area contributed by atoms with Crippen LogP contribution in [0, 0.1) is 17.1 Å². The third-order valence-electron chi connectivity index (χ3n) is 3.82. The molecule has 4 heteroatoms. The summed E-state index contributed by atoms with van der Waals surface area (Å²) in [5.41, 5.74) is 9.36. The summed E-state index contributed by atoms with van der Waals surface area (Å²) < 4.78 is 18.9. The van der Waals surface area contributed by atoms with Crippen molar-refractivity contribution in [3.8, 4) is 11.8 Å². The highest BCUT2D eigenvalue weighted by Crippen LogP contribution is 2.32. The minimum Gasteiger partial charge on any atom is -0.489 e. The lowest BCUT2D eigenvalue weighted by Crippen LogP contribution is -2.05. The first kappa shape index (κ1) is 13.6. The Morgan fingerprint density at radius 1 is 1.29 bits per heavy atom. The Hall–Kier alpha value is -2.38. The van der Waals surface area contributed by atoms with Gasteiger partial charge in [0.1, 0.15) is 18.2 Å². The fraction of sp³-hybridized carbons (Fsp3) is 0.235. The molecule has 0 amide bonds. The molecule has 106 valence electrons. The molecular weight excluding hydrogens is 267 g/mol. The molecule has 0 aromatic heterocycles. The van der Waals surface area contributed by atoms with E-state index in [2.05, 4.69) is 0 Å². The van der Waals surface area contributed by atoms with E-state index in [-0.39, 0.29) is 18.5 Å². The number of nitrogens with zero attached hydrogens (tertiary/aromatic N) is 1. The van der Waals surface area contributed by atoms with E-state index in [1.807, 2.05) is 24.3 Å². The van der Waals surface area contributed by atoms with E-state index in [0.717, 1.165) is 18.6 Å². The molecule has 0 bridgehead atoms. The number of aryl methyl sites for hydroxylation is 1. The van der Waals surface area contributed by atoms with Gasteiger partial charge in [0.05, 0.1) is 11.6 Å². The lowest BCUT2D eigenvalue weighted by Gasteiger charge is -2.10. The molecule has 2 aromatic carbocycles. The normalized spacial score (nSPS) is 16.3. The Labute approximate surface area is 122 Å². The van der Waals surface area contributed by atoms with Crippen molar-refractivity contribution in [3.63, 3.8) is 0 Å². The Morgan fingerprint density at radius 2 is 2.14 bits per heavy atom. The number of fused-ring (bicyclic) bond motifs is 1. The van der Waals surface area contributed by atoms with Gasteiger partial charge in [-0.1, -0.05) is 6.07 Å². The Kier molecular flexibility index (Phi) is 3.59. The van der Waals surface area contributed by atoms with E-state index in [1.54, 1.807) is 0 Å². The molecule has 1 aliphatic rings. The van der Waals surface area contributed by atoms with Crippen LogP contribution in [-0.4, -0.2) is 0 Å². The number of nitrogens with two attached hydrogens (primary N) is 1. The van der Waals surface area contributed by atoms with Crippen LogP contribution in [0.5, 0.6) is 5.75 Å². The number of halogens is 1. The number of benzene rings is 2. The third-order valence-corrected chi connectivity index (χ3v) is 3.82. The second-order valence-corrected chi connectivity index (χ2v) is 5.21. The van der Waals surface area contributed by atoms with Crippen molar-refractivity contribution < 1.29 is 9.13 Å². The van der Waals surface area contributed by atoms with Crippen LogP contribution < -0.4 is 10.5 Å². The first-order chi connectivity index (χ1) is 10.2. The van der Waals surface area contributed by atoms with Crippen LogP contribution in [0.25, 0.3) is 0 Å². The molecule has 0 heterocycles. The molecule has 2 N–H and O–H groups in total. The SMILES string of the molecule is N#Cc1ccc(F)cc1COc1ccc2c(c1)CC[C@H]2N. The summed E-state index contributed by atoms with van der Waals surface area (Å²) in [6.45, 7) is 0.172. The second kappa shape index (κ2) is 5.55. The van der Waals surface area contributed by atoms with Crippen LogP contribution in [-0.2, 0) is 13.0 Å². The van der Waals surface area contributed by atoms with Crippen molar-refractivity contribution in [2.24, 2.45) is 5.73 Å². The maximum atomic E-state index is 13.3. The van der Waals surface area contributed by atoms with E-state index >= 15 is 0 Å². The van der Waals surface area contributed by atoms with Crippen molar-refractivity contribution >= 4 is 0 Å². The zero-order valence-corrected chi connectivity index (χ0v) is 11.5. The topological polar surface area (TPSA) is 59.0 Å². The number of hydrogen-bond donors (Lipinski definition) is 1. The molecule has 0 fully saturated rings. The van der Waals surface area contributed by atoms with Crippen molar-refractivity contribution in [2.75, 3.05) is 0 Å². The predicted octanol–water partition coefficient (Wildman–Crippen LogP) is 3.22. The second-order valence-electron chi connectivity index (χ2n) is 5.21. The van der Waals surface area contributed by atoms with Gasteiger partial charge < -0.3 is 10.5 Å². The molecule has 3 rings (SSSR count). The first-order valence-corrected chi connectivity index (χ1v) is 6.87. The summed E-state index contributed by atoms with van der Waals surface area (Å²) in [6.07, 6.45) is 1.92. The molecule has 2 aromatic rings. The highest BCUT2D eigenvalue weighted by atomic mass is 19.1. The van der Waals surface area contributed by atoms with Crippen molar-refractivity contribution in [2.45, 2.75) is 25.5 Å². The summed E-state index contributed by atoms with van der Waals surface area (Å²) in [6, 6.07) is 12.1. The van der Waals surface area contributed by atoms with Gasteiger partial charge in [0.15, 0.2) is 0 Å². The fourth-order valence-corrected chi connectivity index (χ4v) is 2.67. The summed E-state index contributed by atoms with van der Waals surface area (Å²) in [5, 5.41) is 9.02. The molecule has 21 heavy (non-hydrogen) atoms. The fourth-order valence-electron chi connectivity index (χ4n) is 2.67. The van der Waals surface area contributed by atoms with E-state index in [0.29, 0.717) is 11.1 Å². The average molecular weight is 282 g/mol. The number of nitriles is 1. The zero-order chi connectivity index (χ0) is 14.8. The molecule has 0 saturated carbocycles. The Bertz CT molecular complexity index is 721. The summed E-state index contributed by atoms with van der Waals surface area (Å²) >= 11 is 0. The largest absolute Gasteiger partial charge is 0.489 e. The molecule has 3 nitrogen and oxygen atoms in total. The Balaban J connectivity index is 1.77. The summed E-state index contributed by atoms with van der Waals surface area (Å²) in [7, 11) is 0. The van der Waals surface area contributed by atoms with Gasteiger partial charge in [0.2, 0.25) is 0 Å². The number of rotatable bonds is 3. The number of ether oxygens (including phenoxy) is 1. The van der Waals surface area contributed by atoms with Gasteiger partial charge >= 0.3 is 0 Å². The standard InChI is InChI=1S/C17H15FN2O/c18-14-3-1-12(9-19)13(7-14)10-21-15-4-5-16-11(8-15)2-6-17(16)20/h1,3-5,7-8,17H,2,6,10,20H2/t17-/m1/s1. The van der Waals surface area contributed by atoms with Gasteiger partial charge in [-0.3, -0.25) is 0 Å². The molecule has 0 unspecified atom stereocenters. The van der Waals surface area contributed by atoms with Crippen LogP contribution in [0.15, 0.2) is 36.4 Å². The monoisotopic (exact) mass is 282 g/mol. The average Bonchev–Trinajstić information content (AvgIpc) is 2.86. The lowest BCUT2D eigenvalue weighted by atomic mass is 10.1. The van der Waals surface area contributed by atoms with E-state index in [4.69, 9.17) is 15.7 Å². The van der Waals surface area contributed by atoms with Crippen LogP contribution in [0.1, 0.15) is 34.7 Å². The van der Waals surface area contributed by atoms with Gasteiger partial charge in [-0.05, 0) is 54.3 Å². The van der Waals surface area contributed by atoms with Gasteiger partial charge in [0, 0.05) is 11.6 Å². The van der Waals surface area contributed by atoms with Gasteiger partial charge in [-0.15, -0.1) is 0 Å². The molecule has 1 atom stereocenters. The van der Waals surface area contributed by atoms with E-state index in [9.17, 15) is 4.39 Å². The van der Waals surface area contributed by atoms with Crippen LogP contribution >= 0.6 is 0 Å². The number of hydrogen-bond acceptors (Lipinski definition) is 3. The van der Waals surface area contributed by atoms with Crippen molar-refractivity contribution in [3.05, 3.63) is 64.5 Å². The smallest absolute Gasteiger partial charge is 0.123 e. The highest BCUT2D eigenvalue weighted by molar-refractivity contribution is 5.41. The van der Waals surface area contributed by atoms with Gasteiger partial charge in [-0.25, -0.2) is 4.39 Å². The van der Waals surface area contributed by atoms with Gasteiger partial charge in [0.25, 0.3) is 0 Å². The first-order valence-electron chi connectivity index (χ1n) is 6.87. The quantitative estimate of drug-likeness (QED) is 0.940. The summed E-state index contributed by atoms with van der Waals surface area (Å²) in [5.74, 6) is 0.350. The maximum Gasteiger partial charge on any atom is 0.123 e. The van der Waals surface area contributed by atoms with E-state index < -0.39 is 0 Å². The van der Waals surface area contributed by atoms with E-state index in [1.165, 1.54) is 29.3 Å². The molecule has 0 aliphatic heterocycles. The zero-order valence-electron chi connectivity index (χ0n) is 11.5. The minimum absolute atomic E-state index is 0.113. The lowest BCUT2D eigenvalue weighted by molar-refractivity contribution is 0.305. The molecule has 0 saturated heterocycles. The van der Waals surface area contributed by atoms with Crippen LogP contribution in [0.4, 0.5) is 4.39 Å². The summed E-state index contributed by atoms with van der Waals surface area (Å²) in [4.78, 5) is 0. The molecular formula is C17H15FN2O. The minimum atomic E-state index is -0.368. The van der Waals surface area contributed by atoms with Crippen LogP contribution in [0.3, 0.4) is 0 Å². The molecule has 1 aliphatic carbocycles. The van der Waals surface area contributed by atoms with Crippen molar-refractivity contribution in [1.29, 1.82) is 5.26 Å². The maximum absolute atomic E-state index is 13.3. The van der Waals surface area contributed by atoms with Gasteiger partial charge in [-0.2, -0.15) is 5.26 Å². The predicted molar refractivity (Wildman–Crippen MR) is 77.1 cm³/mol. The van der Waals surface area contributed by atoms with Crippen LogP contribution in [0.2, 0.25) is 0 Å². The van der Waals surface area contributed by atoms with Crippen molar-refractivity contribution in [1.82, 2.24) is 0 Å². The molecule has 0 radical (unpaired) electrons. The molecule has 0 spiro atoms. The highest BCUT2D eigenvalue weighted by Gasteiger charge is 2.19. The Morgan fingerprint density at radius 3 is 2.95 bits per heavy atom.